The number of aliphatic hydroxyl groups excluding tert-OH is 1. The van der Waals surface area contributed by atoms with Gasteiger partial charge in [-0.1, -0.05) is 24.3 Å². The standard InChI is InChI=1S/C15H18BrNOS/c1-11-4-2-3-5-14(11)15(9-17,10-18)7-13-6-12(16)8-19-13/h2-6,8,18H,7,9-10,17H2,1H3. The predicted molar refractivity (Wildman–Crippen MR) is 84.7 cm³/mol. The van der Waals surface area contributed by atoms with Gasteiger partial charge in [0.05, 0.1) is 6.61 Å². The highest BCUT2D eigenvalue weighted by Gasteiger charge is 2.32. The maximum absolute atomic E-state index is 9.94. The molecule has 1 aromatic heterocycles. The van der Waals surface area contributed by atoms with E-state index in [1.807, 2.05) is 12.1 Å². The van der Waals surface area contributed by atoms with E-state index in [-0.39, 0.29) is 6.61 Å². The molecular formula is C15H18BrNOS. The van der Waals surface area contributed by atoms with Crippen LogP contribution in [-0.4, -0.2) is 18.3 Å². The summed E-state index contributed by atoms with van der Waals surface area (Å²) < 4.78 is 1.08. The van der Waals surface area contributed by atoms with Crippen LogP contribution in [0.25, 0.3) is 0 Å². The van der Waals surface area contributed by atoms with Gasteiger partial charge in [0.2, 0.25) is 0 Å². The Morgan fingerprint density at radius 1 is 1.37 bits per heavy atom. The molecule has 2 aromatic rings. The lowest BCUT2D eigenvalue weighted by Crippen LogP contribution is -2.41. The Balaban J connectivity index is 2.40. The van der Waals surface area contributed by atoms with Gasteiger partial charge in [-0.05, 0) is 46.5 Å². The fourth-order valence-corrected chi connectivity index (χ4v) is 4.03. The Labute approximate surface area is 126 Å². The van der Waals surface area contributed by atoms with Crippen LogP contribution in [0.15, 0.2) is 40.2 Å². The first-order valence-electron chi connectivity index (χ1n) is 6.21. The van der Waals surface area contributed by atoms with Crippen molar-refractivity contribution in [2.24, 2.45) is 5.73 Å². The van der Waals surface area contributed by atoms with Crippen LogP contribution in [0.5, 0.6) is 0 Å². The maximum Gasteiger partial charge on any atom is 0.0543 e. The number of benzene rings is 1. The average molecular weight is 340 g/mol. The first kappa shape index (κ1) is 14.7. The summed E-state index contributed by atoms with van der Waals surface area (Å²) in [4.78, 5) is 1.23. The van der Waals surface area contributed by atoms with E-state index in [2.05, 4.69) is 46.4 Å². The monoisotopic (exact) mass is 339 g/mol. The molecule has 2 nitrogen and oxygen atoms in total. The van der Waals surface area contributed by atoms with Gasteiger partial charge in [-0.25, -0.2) is 0 Å². The van der Waals surface area contributed by atoms with Gasteiger partial charge < -0.3 is 10.8 Å². The topological polar surface area (TPSA) is 46.2 Å². The Bertz CT molecular complexity index is 549. The zero-order valence-corrected chi connectivity index (χ0v) is 13.3. The number of halogens is 1. The molecular weight excluding hydrogens is 322 g/mol. The van der Waals surface area contributed by atoms with Crippen molar-refractivity contribution >= 4 is 27.3 Å². The molecule has 19 heavy (non-hydrogen) atoms. The zero-order chi connectivity index (χ0) is 13.9. The molecule has 0 aliphatic heterocycles. The molecule has 0 saturated carbocycles. The van der Waals surface area contributed by atoms with E-state index in [9.17, 15) is 5.11 Å². The highest BCUT2D eigenvalue weighted by atomic mass is 79.9. The molecule has 3 N–H and O–H groups in total. The maximum atomic E-state index is 9.94. The minimum atomic E-state index is -0.393. The molecule has 4 heteroatoms. The molecule has 1 unspecified atom stereocenters. The minimum Gasteiger partial charge on any atom is -0.395 e. The fraction of sp³-hybridized carbons (Fsp3) is 0.333. The van der Waals surface area contributed by atoms with Crippen LogP contribution in [-0.2, 0) is 11.8 Å². The van der Waals surface area contributed by atoms with Crippen molar-refractivity contribution < 1.29 is 5.11 Å². The van der Waals surface area contributed by atoms with Gasteiger partial charge in [0.15, 0.2) is 0 Å². The Kier molecular flexibility index (Phi) is 4.79. The van der Waals surface area contributed by atoms with E-state index >= 15 is 0 Å². The van der Waals surface area contributed by atoms with E-state index in [4.69, 9.17) is 5.73 Å². The van der Waals surface area contributed by atoms with E-state index in [0.717, 1.165) is 16.5 Å². The van der Waals surface area contributed by atoms with Crippen molar-refractivity contribution in [2.75, 3.05) is 13.2 Å². The van der Waals surface area contributed by atoms with Crippen molar-refractivity contribution in [1.82, 2.24) is 0 Å². The number of aryl methyl sites for hydroxylation is 1. The quantitative estimate of drug-likeness (QED) is 0.878. The molecule has 1 heterocycles. The third kappa shape index (κ3) is 3.08. The summed E-state index contributed by atoms with van der Waals surface area (Å²) in [5.41, 5.74) is 7.93. The van der Waals surface area contributed by atoms with Crippen molar-refractivity contribution in [2.45, 2.75) is 18.8 Å². The van der Waals surface area contributed by atoms with Crippen LogP contribution in [0.1, 0.15) is 16.0 Å². The molecule has 0 saturated heterocycles. The van der Waals surface area contributed by atoms with Gasteiger partial charge in [0.25, 0.3) is 0 Å². The number of hydrogen-bond donors (Lipinski definition) is 2. The minimum absolute atomic E-state index is 0.0594. The molecule has 0 spiro atoms. The number of nitrogens with two attached hydrogens (primary N) is 1. The molecule has 0 aliphatic rings. The van der Waals surface area contributed by atoms with Gasteiger partial charge >= 0.3 is 0 Å². The summed E-state index contributed by atoms with van der Waals surface area (Å²) in [7, 11) is 0. The first-order chi connectivity index (χ1) is 9.11. The number of rotatable bonds is 5. The molecule has 2 rings (SSSR count). The molecule has 1 atom stereocenters. The van der Waals surface area contributed by atoms with Crippen LogP contribution in [0, 0.1) is 6.92 Å². The fourth-order valence-electron chi connectivity index (χ4n) is 2.43. The van der Waals surface area contributed by atoms with Crippen LogP contribution < -0.4 is 5.73 Å². The van der Waals surface area contributed by atoms with Crippen molar-refractivity contribution in [1.29, 1.82) is 0 Å². The molecule has 0 bridgehead atoms. The largest absolute Gasteiger partial charge is 0.395 e. The summed E-state index contributed by atoms with van der Waals surface area (Å²) in [5.74, 6) is 0. The van der Waals surface area contributed by atoms with Gasteiger partial charge in [-0.3, -0.25) is 0 Å². The Morgan fingerprint density at radius 3 is 2.63 bits per heavy atom. The summed E-state index contributed by atoms with van der Waals surface area (Å²) in [5, 5.41) is 12.0. The lowest BCUT2D eigenvalue weighted by atomic mass is 9.76. The highest BCUT2D eigenvalue weighted by Crippen LogP contribution is 2.32. The number of thiophene rings is 1. The number of aliphatic hydroxyl groups is 1. The number of hydrogen-bond acceptors (Lipinski definition) is 3. The van der Waals surface area contributed by atoms with Crippen LogP contribution in [0.2, 0.25) is 0 Å². The molecule has 0 fully saturated rings. The van der Waals surface area contributed by atoms with Crippen molar-refractivity contribution in [3.63, 3.8) is 0 Å². The SMILES string of the molecule is Cc1ccccc1C(CN)(CO)Cc1cc(Br)cs1. The van der Waals surface area contributed by atoms with E-state index < -0.39 is 5.41 Å². The Morgan fingerprint density at radius 2 is 2.11 bits per heavy atom. The highest BCUT2D eigenvalue weighted by molar-refractivity contribution is 9.10. The molecule has 0 aliphatic carbocycles. The lowest BCUT2D eigenvalue weighted by molar-refractivity contribution is 0.196. The second-order valence-electron chi connectivity index (χ2n) is 4.87. The average Bonchev–Trinajstić information content (AvgIpc) is 2.82. The zero-order valence-electron chi connectivity index (χ0n) is 10.9. The molecule has 1 aromatic carbocycles. The molecule has 0 amide bonds. The van der Waals surface area contributed by atoms with Crippen molar-refractivity contribution in [3.8, 4) is 0 Å². The smallest absolute Gasteiger partial charge is 0.0543 e. The summed E-state index contributed by atoms with van der Waals surface area (Å²) in [6.07, 6.45) is 0.765. The van der Waals surface area contributed by atoms with Crippen LogP contribution >= 0.6 is 27.3 Å². The summed E-state index contributed by atoms with van der Waals surface area (Å²) in [6, 6.07) is 10.3. The van der Waals surface area contributed by atoms with Gasteiger partial charge in [-0.2, -0.15) is 0 Å². The first-order valence-corrected chi connectivity index (χ1v) is 7.88. The normalized spacial score (nSPS) is 14.3. The van der Waals surface area contributed by atoms with Gasteiger partial charge in [-0.15, -0.1) is 11.3 Å². The third-order valence-electron chi connectivity index (χ3n) is 3.54. The van der Waals surface area contributed by atoms with E-state index in [1.165, 1.54) is 10.4 Å². The second kappa shape index (κ2) is 6.18. The summed E-state index contributed by atoms with van der Waals surface area (Å²) in [6.45, 7) is 2.56. The van der Waals surface area contributed by atoms with Crippen molar-refractivity contribution in [3.05, 3.63) is 56.2 Å². The third-order valence-corrected chi connectivity index (χ3v) is 5.24. The van der Waals surface area contributed by atoms with Crippen LogP contribution in [0.3, 0.4) is 0 Å². The summed E-state index contributed by atoms with van der Waals surface area (Å²) >= 11 is 5.17. The molecule has 0 radical (unpaired) electrons. The van der Waals surface area contributed by atoms with Gasteiger partial charge in [0.1, 0.15) is 0 Å². The predicted octanol–water partition coefficient (Wildman–Crippen LogP) is 3.25. The van der Waals surface area contributed by atoms with E-state index in [1.54, 1.807) is 11.3 Å². The van der Waals surface area contributed by atoms with E-state index in [0.29, 0.717) is 6.54 Å². The second-order valence-corrected chi connectivity index (χ2v) is 6.78. The van der Waals surface area contributed by atoms with Crippen LogP contribution in [0.4, 0.5) is 0 Å². The van der Waals surface area contributed by atoms with Gasteiger partial charge in [0, 0.05) is 26.7 Å². The molecule has 102 valence electrons. The Hall–Kier alpha value is -0.680. The lowest BCUT2D eigenvalue weighted by Gasteiger charge is -2.32.